The molecule has 2 aliphatic rings. The second kappa shape index (κ2) is 5.40. The van der Waals surface area contributed by atoms with Crippen LogP contribution in [-0.4, -0.2) is 31.9 Å². The van der Waals surface area contributed by atoms with Crippen molar-refractivity contribution in [3.05, 3.63) is 64.7 Å². The van der Waals surface area contributed by atoms with Crippen LogP contribution >= 0.6 is 0 Å². The molecular formula is C19H17BO4. The lowest BCUT2D eigenvalue weighted by atomic mass is 9.73. The van der Waals surface area contributed by atoms with E-state index in [0.717, 1.165) is 5.46 Å². The second-order valence-electron chi connectivity index (χ2n) is 7.13. The van der Waals surface area contributed by atoms with Crippen LogP contribution in [0.1, 0.15) is 45.7 Å². The highest BCUT2D eigenvalue weighted by atomic mass is 16.6. The highest BCUT2D eigenvalue weighted by Crippen LogP contribution is 2.27. The summed E-state index contributed by atoms with van der Waals surface area (Å²) in [5.74, 6) is -0.239. The van der Waals surface area contributed by atoms with Gasteiger partial charge in [0.15, 0.2) is 11.6 Å². The Labute approximate surface area is 140 Å². The first-order chi connectivity index (χ1) is 11.5. The Kier molecular flexibility index (Phi) is 3.44. The zero-order valence-corrected chi connectivity index (χ0v) is 13.7. The lowest BCUT2D eigenvalue weighted by Crippen LogP contribution is -2.47. The monoisotopic (exact) mass is 320 g/mol. The largest absolute Gasteiger partial charge is 0.493 e. The molecular weight excluding hydrogens is 303 g/mol. The average Bonchev–Trinajstić information content (AvgIpc) is 2.59. The van der Waals surface area contributed by atoms with Crippen molar-refractivity contribution in [2.45, 2.75) is 13.8 Å². The van der Waals surface area contributed by atoms with E-state index in [0.29, 0.717) is 35.5 Å². The molecule has 1 heterocycles. The summed E-state index contributed by atoms with van der Waals surface area (Å²) in [6, 6.07) is 12.2. The minimum Gasteiger partial charge on any atom is -0.407 e. The summed E-state index contributed by atoms with van der Waals surface area (Å²) >= 11 is 0. The van der Waals surface area contributed by atoms with Crippen molar-refractivity contribution in [3.8, 4) is 0 Å². The highest BCUT2D eigenvalue weighted by Gasteiger charge is 2.35. The molecule has 120 valence electrons. The van der Waals surface area contributed by atoms with Gasteiger partial charge in [-0.1, -0.05) is 56.3 Å². The van der Waals surface area contributed by atoms with Gasteiger partial charge in [0.2, 0.25) is 0 Å². The van der Waals surface area contributed by atoms with Gasteiger partial charge >= 0.3 is 7.12 Å². The smallest absolute Gasteiger partial charge is 0.407 e. The maximum Gasteiger partial charge on any atom is 0.493 e. The molecule has 0 unspecified atom stereocenters. The summed E-state index contributed by atoms with van der Waals surface area (Å²) in [5, 5.41) is 0. The SMILES string of the molecule is CC1(C)COB(c2ccc3c(c2)C(=O)c2ccccc2C3=O)OC1. The molecule has 1 aliphatic heterocycles. The molecule has 4 rings (SSSR count). The van der Waals surface area contributed by atoms with Crippen LogP contribution in [0.4, 0.5) is 0 Å². The van der Waals surface area contributed by atoms with Crippen molar-refractivity contribution in [2.24, 2.45) is 5.41 Å². The number of carbonyl (C=O) groups excluding carboxylic acids is 2. The molecule has 0 N–H and O–H groups in total. The van der Waals surface area contributed by atoms with E-state index in [2.05, 4.69) is 13.8 Å². The van der Waals surface area contributed by atoms with E-state index in [-0.39, 0.29) is 17.0 Å². The van der Waals surface area contributed by atoms with Gasteiger partial charge < -0.3 is 9.31 Å². The van der Waals surface area contributed by atoms with Crippen LogP contribution in [-0.2, 0) is 9.31 Å². The van der Waals surface area contributed by atoms with Gasteiger partial charge in [0.25, 0.3) is 0 Å². The van der Waals surface area contributed by atoms with Crippen molar-refractivity contribution in [3.63, 3.8) is 0 Å². The lowest BCUT2D eigenvalue weighted by molar-refractivity contribution is 0.0343. The summed E-state index contributed by atoms with van der Waals surface area (Å²) in [4.78, 5) is 25.4. The summed E-state index contributed by atoms with van der Waals surface area (Å²) < 4.78 is 11.6. The maximum atomic E-state index is 12.8. The van der Waals surface area contributed by atoms with Gasteiger partial charge in [-0.3, -0.25) is 9.59 Å². The molecule has 2 aromatic carbocycles. The molecule has 1 fully saturated rings. The fourth-order valence-electron chi connectivity index (χ4n) is 3.15. The fraction of sp³-hybridized carbons (Fsp3) is 0.263. The average molecular weight is 320 g/mol. The first-order valence-corrected chi connectivity index (χ1v) is 8.02. The standard InChI is InChI=1S/C19H17BO4/c1-19(2)10-23-20(24-11-19)12-7-8-15-16(9-12)18(22)14-6-4-3-5-13(14)17(15)21/h3-9H,10-11H2,1-2H3. The predicted molar refractivity (Wildman–Crippen MR) is 90.8 cm³/mol. The molecule has 0 bridgehead atoms. The number of rotatable bonds is 1. The topological polar surface area (TPSA) is 52.6 Å². The Morgan fingerprint density at radius 3 is 2.00 bits per heavy atom. The van der Waals surface area contributed by atoms with E-state index in [4.69, 9.17) is 9.31 Å². The molecule has 24 heavy (non-hydrogen) atoms. The Hall–Kier alpha value is -2.24. The Morgan fingerprint density at radius 1 is 0.833 bits per heavy atom. The van der Waals surface area contributed by atoms with Crippen molar-refractivity contribution in [1.29, 1.82) is 0 Å². The lowest BCUT2D eigenvalue weighted by Gasteiger charge is -2.33. The molecule has 5 heteroatoms. The number of ketones is 2. The third-order valence-corrected chi connectivity index (χ3v) is 4.47. The fourth-order valence-corrected chi connectivity index (χ4v) is 3.15. The Balaban J connectivity index is 1.71. The first kappa shape index (κ1) is 15.3. The van der Waals surface area contributed by atoms with Crippen LogP contribution in [0.5, 0.6) is 0 Å². The zero-order chi connectivity index (χ0) is 16.9. The quantitative estimate of drug-likeness (QED) is 0.645. The number of carbonyl (C=O) groups is 2. The number of benzene rings is 2. The van der Waals surface area contributed by atoms with Gasteiger partial charge in [0, 0.05) is 40.9 Å². The number of hydrogen-bond acceptors (Lipinski definition) is 4. The molecule has 0 amide bonds. The Morgan fingerprint density at radius 2 is 1.38 bits per heavy atom. The van der Waals surface area contributed by atoms with E-state index < -0.39 is 7.12 Å². The van der Waals surface area contributed by atoms with Gasteiger partial charge in [-0.15, -0.1) is 0 Å². The van der Waals surface area contributed by atoms with Crippen LogP contribution in [0.2, 0.25) is 0 Å². The second-order valence-corrected chi connectivity index (χ2v) is 7.13. The normalized spacial score (nSPS) is 19.0. The minimum atomic E-state index is -0.497. The first-order valence-electron chi connectivity index (χ1n) is 8.02. The molecule has 0 atom stereocenters. The number of fused-ring (bicyclic) bond motifs is 2. The molecule has 4 nitrogen and oxygen atoms in total. The minimum absolute atomic E-state index is 0.0184. The maximum absolute atomic E-state index is 12.8. The zero-order valence-electron chi connectivity index (χ0n) is 13.7. The summed E-state index contributed by atoms with van der Waals surface area (Å²) in [6.45, 7) is 5.33. The summed E-state index contributed by atoms with van der Waals surface area (Å²) in [5.41, 5.74) is 2.54. The van der Waals surface area contributed by atoms with Gasteiger partial charge in [-0.25, -0.2) is 0 Å². The van der Waals surface area contributed by atoms with Crippen molar-refractivity contribution in [1.82, 2.24) is 0 Å². The summed E-state index contributed by atoms with van der Waals surface area (Å²) in [7, 11) is -0.497. The molecule has 1 saturated heterocycles. The highest BCUT2D eigenvalue weighted by molar-refractivity contribution is 6.61. The van der Waals surface area contributed by atoms with Gasteiger partial charge in [0.1, 0.15) is 0 Å². The van der Waals surface area contributed by atoms with E-state index in [9.17, 15) is 9.59 Å². The van der Waals surface area contributed by atoms with Crippen LogP contribution in [0.25, 0.3) is 0 Å². The van der Waals surface area contributed by atoms with Crippen molar-refractivity contribution < 1.29 is 18.9 Å². The Bertz CT molecular complexity index is 846. The predicted octanol–water partition coefficient (Wildman–Crippen LogP) is 2.23. The van der Waals surface area contributed by atoms with Crippen molar-refractivity contribution in [2.75, 3.05) is 13.2 Å². The van der Waals surface area contributed by atoms with Gasteiger partial charge in [-0.2, -0.15) is 0 Å². The van der Waals surface area contributed by atoms with Crippen LogP contribution < -0.4 is 5.46 Å². The van der Waals surface area contributed by atoms with Crippen LogP contribution in [0, 0.1) is 5.41 Å². The van der Waals surface area contributed by atoms with Crippen molar-refractivity contribution >= 4 is 24.1 Å². The van der Waals surface area contributed by atoms with E-state index >= 15 is 0 Å². The van der Waals surface area contributed by atoms with E-state index in [1.807, 2.05) is 0 Å². The third kappa shape index (κ3) is 2.41. The molecule has 0 radical (unpaired) electrons. The molecule has 1 aliphatic carbocycles. The molecule has 0 spiro atoms. The molecule has 0 saturated carbocycles. The number of hydrogen-bond donors (Lipinski definition) is 0. The molecule has 0 aromatic heterocycles. The van der Waals surface area contributed by atoms with Crippen LogP contribution in [0.3, 0.4) is 0 Å². The molecule has 2 aromatic rings. The third-order valence-electron chi connectivity index (χ3n) is 4.47. The van der Waals surface area contributed by atoms with E-state index in [1.165, 1.54) is 0 Å². The van der Waals surface area contributed by atoms with Gasteiger partial charge in [-0.05, 0) is 5.46 Å². The summed E-state index contributed by atoms with van der Waals surface area (Å²) in [6.07, 6.45) is 0. The van der Waals surface area contributed by atoms with Gasteiger partial charge in [0.05, 0.1) is 0 Å². The van der Waals surface area contributed by atoms with E-state index in [1.54, 1.807) is 42.5 Å². The van der Waals surface area contributed by atoms with Crippen LogP contribution in [0.15, 0.2) is 42.5 Å².